The Labute approximate surface area is 113 Å². The highest BCUT2D eigenvalue weighted by molar-refractivity contribution is 9.10. The first-order valence-corrected chi connectivity index (χ1v) is 7.39. The molecule has 0 spiro atoms. The van der Waals surface area contributed by atoms with E-state index in [1.165, 1.54) is 30.5 Å². The number of benzene rings is 1. The van der Waals surface area contributed by atoms with E-state index in [0.717, 1.165) is 16.3 Å². The Balaban J connectivity index is 2.09. The summed E-state index contributed by atoms with van der Waals surface area (Å²) in [6.07, 6.45) is 4.05. The van der Waals surface area contributed by atoms with Gasteiger partial charge in [-0.3, -0.25) is 0 Å². The van der Waals surface area contributed by atoms with Crippen LogP contribution in [0.3, 0.4) is 0 Å². The van der Waals surface area contributed by atoms with Gasteiger partial charge in [0, 0.05) is 16.2 Å². The zero-order chi connectivity index (χ0) is 12.4. The van der Waals surface area contributed by atoms with Gasteiger partial charge in [0.2, 0.25) is 0 Å². The highest BCUT2D eigenvalue weighted by Crippen LogP contribution is 2.32. The molecule has 1 saturated carbocycles. The quantitative estimate of drug-likeness (QED) is 0.810. The molecule has 0 aromatic heterocycles. The van der Waals surface area contributed by atoms with Gasteiger partial charge < -0.3 is 5.32 Å². The highest BCUT2D eigenvalue weighted by atomic mass is 79.9. The second kappa shape index (κ2) is 5.43. The molecule has 0 aliphatic heterocycles. The average Bonchev–Trinajstić information content (AvgIpc) is 2.23. The van der Waals surface area contributed by atoms with Gasteiger partial charge in [0.1, 0.15) is 0 Å². The van der Waals surface area contributed by atoms with E-state index in [1.54, 1.807) is 0 Å². The van der Waals surface area contributed by atoms with E-state index in [9.17, 15) is 0 Å². The molecule has 1 aliphatic carbocycles. The second-order valence-corrected chi connectivity index (χ2v) is 6.45. The largest absolute Gasteiger partial charge is 0.382 e. The molecule has 0 saturated heterocycles. The maximum absolute atomic E-state index is 3.71. The molecule has 0 heterocycles. The summed E-state index contributed by atoms with van der Waals surface area (Å²) < 4.78 is 1.16. The first-order valence-electron chi connectivity index (χ1n) is 6.60. The minimum atomic E-state index is 0.632. The maximum atomic E-state index is 3.71. The molecule has 3 unspecified atom stereocenters. The Hall–Kier alpha value is -0.500. The van der Waals surface area contributed by atoms with E-state index in [2.05, 4.69) is 60.2 Å². The molecule has 0 bridgehead atoms. The molecule has 1 aromatic rings. The minimum absolute atomic E-state index is 0.632. The summed E-state index contributed by atoms with van der Waals surface area (Å²) in [6, 6.07) is 7.20. The van der Waals surface area contributed by atoms with Gasteiger partial charge in [0.25, 0.3) is 0 Å². The van der Waals surface area contributed by atoms with Gasteiger partial charge >= 0.3 is 0 Å². The second-order valence-electron chi connectivity index (χ2n) is 5.54. The van der Waals surface area contributed by atoms with Crippen molar-refractivity contribution >= 4 is 21.6 Å². The molecule has 0 radical (unpaired) electrons. The SMILES string of the molecule is Cc1cc(Br)cc(NC2CCCC(C)C2C)c1. The van der Waals surface area contributed by atoms with Crippen LogP contribution < -0.4 is 5.32 Å². The third-order valence-electron chi connectivity index (χ3n) is 4.10. The van der Waals surface area contributed by atoms with Crippen molar-refractivity contribution in [3.05, 3.63) is 28.2 Å². The normalized spacial score (nSPS) is 29.1. The predicted octanol–water partition coefficient (Wildman–Crippen LogP) is 4.99. The Morgan fingerprint density at radius 3 is 2.65 bits per heavy atom. The average molecular weight is 296 g/mol. The van der Waals surface area contributed by atoms with E-state index in [1.807, 2.05) is 0 Å². The van der Waals surface area contributed by atoms with E-state index < -0.39 is 0 Å². The number of halogens is 1. The third-order valence-corrected chi connectivity index (χ3v) is 4.56. The van der Waals surface area contributed by atoms with Crippen molar-refractivity contribution in [1.29, 1.82) is 0 Å². The van der Waals surface area contributed by atoms with E-state index >= 15 is 0 Å². The molecule has 17 heavy (non-hydrogen) atoms. The van der Waals surface area contributed by atoms with Crippen LogP contribution in [0, 0.1) is 18.8 Å². The van der Waals surface area contributed by atoms with Crippen LogP contribution in [0.15, 0.2) is 22.7 Å². The zero-order valence-electron chi connectivity index (χ0n) is 11.0. The fraction of sp³-hybridized carbons (Fsp3) is 0.600. The van der Waals surface area contributed by atoms with Gasteiger partial charge in [-0.15, -0.1) is 0 Å². The third kappa shape index (κ3) is 3.25. The molecular weight excluding hydrogens is 274 g/mol. The first-order chi connectivity index (χ1) is 8.06. The van der Waals surface area contributed by atoms with Gasteiger partial charge in [-0.05, 0) is 48.9 Å². The van der Waals surface area contributed by atoms with Crippen molar-refractivity contribution < 1.29 is 0 Å². The molecule has 1 fully saturated rings. The highest BCUT2D eigenvalue weighted by Gasteiger charge is 2.26. The lowest BCUT2D eigenvalue weighted by Gasteiger charge is -2.35. The van der Waals surface area contributed by atoms with E-state index in [0.29, 0.717) is 6.04 Å². The lowest BCUT2D eigenvalue weighted by molar-refractivity contribution is 0.253. The lowest BCUT2D eigenvalue weighted by atomic mass is 9.78. The summed E-state index contributed by atoms with van der Waals surface area (Å²) in [5, 5.41) is 3.71. The van der Waals surface area contributed by atoms with Crippen molar-refractivity contribution in [2.45, 2.75) is 46.1 Å². The molecule has 2 rings (SSSR count). The fourth-order valence-electron chi connectivity index (χ4n) is 2.82. The molecule has 1 aromatic carbocycles. The molecule has 1 nitrogen and oxygen atoms in total. The van der Waals surface area contributed by atoms with Crippen LogP contribution >= 0.6 is 15.9 Å². The first kappa shape index (κ1) is 12.9. The van der Waals surface area contributed by atoms with Crippen LogP contribution in [0.25, 0.3) is 0 Å². The monoisotopic (exact) mass is 295 g/mol. The summed E-state index contributed by atoms with van der Waals surface area (Å²) in [4.78, 5) is 0. The van der Waals surface area contributed by atoms with Gasteiger partial charge in [0.15, 0.2) is 0 Å². The predicted molar refractivity (Wildman–Crippen MR) is 78.5 cm³/mol. The lowest BCUT2D eigenvalue weighted by Crippen LogP contribution is -2.35. The summed E-state index contributed by atoms with van der Waals surface area (Å²) in [5.74, 6) is 1.61. The van der Waals surface area contributed by atoms with Crippen molar-refractivity contribution in [3.63, 3.8) is 0 Å². The smallest absolute Gasteiger partial charge is 0.0356 e. The fourth-order valence-corrected chi connectivity index (χ4v) is 3.43. The Kier molecular flexibility index (Phi) is 4.13. The topological polar surface area (TPSA) is 12.0 Å². The summed E-state index contributed by atoms with van der Waals surface area (Å²) in [7, 11) is 0. The van der Waals surface area contributed by atoms with Crippen molar-refractivity contribution in [2.75, 3.05) is 5.32 Å². The Morgan fingerprint density at radius 2 is 1.94 bits per heavy atom. The number of hydrogen-bond acceptors (Lipinski definition) is 1. The molecule has 2 heteroatoms. The number of aryl methyl sites for hydroxylation is 1. The van der Waals surface area contributed by atoms with Gasteiger partial charge in [-0.25, -0.2) is 0 Å². The van der Waals surface area contributed by atoms with Crippen LogP contribution in [0.2, 0.25) is 0 Å². The molecule has 1 aliphatic rings. The molecule has 1 N–H and O–H groups in total. The van der Waals surface area contributed by atoms with E-state index in [-0.39, 0.29) is 0 Å². The van der Waals surface area contributed by atoms with Crippen molar-refractivity contribution in [1.82, 2.24) is 0 Å². The van der Waals surface area contributed by atoms with E-state index in [4.69, 9.17) is 0 Å². The summed E-state index contributed by atoms with van der Waals surface area (Å²) in [5.41, 5.74) is 2.56. The van der Waals surface area contributed by atoms with Gasteiger partial charge in [-0.1, -0.05) is 42.6 Å². The number of nitrogens with one attached hydrogen (secondary N) is 1. The molecule has 0 amide bonds. The maximum Gasteiger partial charge on any atom is 0.0356 e. The standard InChI is InChI=1S/C15H22BrN/c1-10-7-13(16)9-14(8-10)17-15-6-4-5-11(2)12(15)3/h7-9,11-12,15,17H,4-6H2,1-3H3. The Morgan fingerprint density at radius 1 is 1.18 bits per heavy atom. The summed E-state index contributed by atoms with van der Waals surface area (Å²) in [6.45, 7) is 6.90. The molecule has 94 valence electrons. The van der Waals surface area contributed by atoms with Crippen LogP contribution in [0.4, 0.5) is 5.69 Å². The zero-order valence-corrected chi connectivity index (χ0v) is 12.5. The minimum Gasteiger partial charge on any atom is -0.382 e. The number of hydrogen-bond donors (Lipinski definition) is 1. The van der Waals surface area contributed by atoms with Crippen LogP contribution in [0.5, 0.6) is 0 Å². The molecule has 3 atom stereocenters. The van der Waals surface area contributed by atoms with Crippen LogP contribution in [0.1, 0.15) is 38.7 Å². The van der Waals surface area contributed by atoms with Gasteiger partial charge in [0.05, 0.1) is 0 Å². The van der Waals surface area contributed by atoms with Crippen molar-refractivity contribution in [3.8, 4) is 0 Å². The Bertz CT molecular complexity index is 368. The molecular formula is C15H22BrN. The summed E-state index contributed by atoms with van der Waals surface area (Å²) >= 11 is 3.56. The number of rotatable bonds is 2. The van der Waals surface area contributed by atoms with Crippen LogP contribution in [-0.2, 0) is 0 Å². The number of anilines is 1. The van der Waals surface area contributed by atoms with Gasteiger partial charge in [-0.2, -0.15) is 0 Å². The van der Waals surface area contributed by atoms with Crippen molar-refractivity contribution in [2.24, 2.45) is 11.8 Å². The van der Waals surface area contributed by atoms with Crippen LogP contribution in [-0.4, -0.2) is 6.04 Å².